The first kappa shape index (κ1) is 15.9. The van der Waals surface area contributed by atoms with Gasteiger partial charge in [0.2, 0.25) is 0 Å². The zero-order valence-electron chi connectivity index (χ0n) is 11.8. The van der Waals surface area contributed by atoms with E-state index in [2.05, 4.69) is 4.18 Å². The summed E-state index contributed by atoms with van der Waals surface area (Å²) >= 11 is 0. The molecule has 2 aromatic carbocycles. The van der Waals surface area contributed by atoms with Crippen LogP contribution in [0.5, 0.6) is 11.5 Å². The molecule has 0 aliphatic rings. The summed E-state index contributed by atoms with van der Waals surface area (Å²) in [5.74, 6) is 0.687. The standard InChI is InChI=1S/C15H15NO5S/c1-20-14-8-3-11(4-9-14)2-5-12-6-7-13(16)10-15(12)21-22(17,18)19/h2-10H,16H2,1H3,(H,17,18,19). The average Bonchev–Trinajstić information content (AvgIpc) is 2.45. The molecule has 116 valence electrons. The zero-order valence-corrected chi connectivity index (χ0v) is 12.6. The predicted octanol–water partition coefficient (Wildman–Crippen LogP) is 2.63. The summed E-state index contributed by atoms with van der Waals surface area (Å²) in [7, 11) is -3.03. The third-order valence-electron chi connectivity index (χ3n) is 2.80. The molecule has 0 heterocycles. The fraction of sp³-hybridized carbons (Fsp3) is 0.0667. The predicted molar refractivity (Wildman–Crippen MR) is 85.0 cm³/mol. The number of hydrogen-bond donors (Lipinski definition) is 2. The molecule has 6 nitrogen and oxygen atoms in total. The molecule has 0 aromatic heterocycles. The highest BCUT2D eigenvalue weighted by molar-refractivity contribution is 7.81. The maximum absolute atomic E-state index is 10.9. The highest BCUT2D eigenvalue weighted by atomic mass is 32.3. The summed E-state index contributed by atoms with van der Waals surface area (Å²) in [6, 6.07) is 11.8. The van der Waals surface area contributed by atoms with Gasteiger partial charge in [0, 0.05) is 17.3 Å². The number of nitrogens with two attached hydrogens (primary N) is 1. The lowest BCUT2D eigenvalue weighted by Crippen LogP contribution is -2.07. The van der Waals surface area contributed by atoms with Gasteiger partial charge < -0.3 is 14.7 Å². The van der Waals surface area contributed by atoms with Crippen molar-refractivity contribution in [3.8, 4) is 11.5 Å². The number of methoxy groups -OCH3 is 1. The summed E-state index contributed by atoms with van der Waals surface area (Å²) < 4.78 is 40.1. The Morgan fingerprint density at radius 3 is 2.36 bits per heavy atom. The Kier molecular flexibility index (Phi) is 4.69. The molecule has 0 atom stereocenters. The molecule has 0 unspecified atom stereocenters. The number of hydrogen-bond acceptors (Lipinski definition) is 5. The molecular weight excluding hydrogens is 306 g/mol. The Labute approximate surface area is 128 Å². The molecule has 0 aliphatic carbocycles. The van der Waals surface area contributed by atoms with Gasteiger partial charge >= 0.3 is 10.4 Å². The van der Waals surface area contributed by atoms with Gasteiger partial charge in [-0.2, -0.15) is 8.42 Å². The Morgan fingerprint density at radius 2 is 1.77 bits per heavy atom. The number of rotatable bonds is 5. The van der Waals surface area contributed by atoms with Crippen LogP contribution in [0.25, 0.3) is 12.2 Å². The summed E-state index contributed by atoms with van der Waals surface area (Å²) in [5.41, 5.74) is 7.26. The van der Waals surface area contributed by atoms with Crippen LogP contribution in [0.1, 0.15) is 11.1 Å². The van der Waals surface area contributed by atoms with Crippen molar-refractivity contribution in [1.82, 2.24) is 0 Å². The smallest absolute Gasteiger partial charge is 0.446 e. The molecular formula is C15H15NO5S. The minimum Gasteiger partial charge on any atom is -0.497 e. The molecule has 0 saturated carbocycles. The second-order valence-corrected chi connectivity index (χ2v) is 5.44. The van der Waals surface area contributed by atoms with Crippen molar-refractivity contribution in [3.63, 3.8) is 0 Å². The first-order valence-corrected chi connectivity index (χ1v) is 7.62. The first-order chi connectivity index (χ1) is 10.4. The van der Waals surface area contributed by atoms with Crippen LogP contribution >= 0.6 is 0 Å². The molecule has 0 fully saturated rings. The van der Waals surface area contributed by atoms with E-state index in [1.807, 2.05) is 12.1 Å². The van der Waals surface area contributed by atoms with Gasteiger partial charge in [-0.05, 0) is 29.8 Å². The molecule has 0 aliphatic heterocycles. The molecule has 2 rings (SSSR count). The van der Waals surface area contributed by atoms with Gasteiger partial charge in [0.15, 0.2) is 5.75 Å². The maximum atomic E-state index is 10.9. The Bertz CT molecular complexity index is 782. The SMILES string of the molecule is COc1ccc(C=Cc2ccc(N)cc2OS(=O)(=O)O)cc1. The molecule has 0 saturated heterocycles. The van der Waals surface area contributed by atoms with Crippen molar-refractivity contribution in [3.05, 3.63) is 53.6 Å². The van der Waals surface area contributed by atoms with Crippen LogP contribution in [0.15, 0.2) is 42.5 Å². The molecule has 0 radical (unpaired) electrons. The van der Waals surface area contributed by atoms with Crippen LogP contribution in [0.2, 0.25) is 0 Å². The summed E-state index contributed by atoms with van der Waals surface area (Å²) in [6.45, 7) is 0. The van der Waals surface area contributed by atoms with Gasteiger partial charge in [-0.3, -0.25) is 4.55 Å². The van der Waals surface area contributed by atoms with Crippen molar-refractivity contribution in [1.29, 1.82) is 0 Å². The molecule has 2 aromatic rings. The lowest BCUT2D eigenvalue weighted by atomic mass is 10.1. The molecule has 0 spiro atoms. The fourth-order valence-corrected chi connectivity index (χ4v) is 2.15. The van der Waals surface area contributed by atoms with Crippen LogP contribution in [-0.2, 0) is 10.4 Å². The Morgan fingerprint density at radius 1 is 1.09 bits per heavy atom. The van der Waals surface area contributed by atoms with Crippen LogP contribution in [0, 0.1) is 0 Å². The number of nitrogen functional groups attached to an aromatic ring is 1. The monoisotopic (exact) mass is 321 g/mol. The Balaban J connectivity index is 2.29. The van der Waals surface area contributed by atoms with Crippen molar-refractivity contribution < 1.29 is 21.9 Å². The summed E-state index contributed by atoms with van der Waals surface area (Å²) in [5, 5.41) is 0. The average molecular weight is 321 g/mol. The number of anilines is 1. The molecule has 3 N–H and O–H groups in total. The van der Waals surface area contributed by atoms with Gasteiger partial charge in [-0.25, -0.2) is 0 Å². The molecule has 0 amide bonds. The van der Waals surface area contributed by atoms with E-state index in [4.69, 9.17) is 15.0 Å². The zero-order chi connectivity index (χ0) is 16.2. The van der Waals surface area contributed by atoms with Gasteiger partial charge in [0.25, 0.3) is 0 Å². The summed E-state index contributed by atoms with van der Waals surface area (Å²) in [6.07, 6.45) is 3.42. The van der Waals surface area contributed by atoms with Crippen molar-refractivity contribution in [2.45, 2.75) is 0 Å². The second-order valence-electron chi connectivity index (χ2n) is 4.41. The van der Waals surface area contributed by atoms with E-state index in [9.17, 15) is 8.42 Å². The third-order valence-corrected chi connectivity index (χ3v) is 3.19. The molecule has 22 heavy (non-hydrogen) atoms. The normalized spacial score (nSPS) is 11.5. The topological polar surface area (TPSA) is 98.9 Å². The third kappa shape index (κ3) is 4.51. The number of ether oxygens (including phenoxy) is 1. The van der Waals surface area contributed by atoms with E-state index < -0.39 is 10.4 Å². The number of benzene rings is 2. The van der Waals surface area contributed by atoms with Gasteiger partial charge in [0.1, 0.15) is 5.75 Å². The van der Waals surface area contributed by atoms with Crippen LogP contribution < -0.4 is 14.7 Å². The maximum Gasteiger partial charge on any atom is 0.446 e. The van der Waals surface area contributed by atoms with E-state index in [1.165, 1.54) is 6.07 Å². The van der Waals surface area contributed by atoms with Crippen molar-refractivity contribution >= 4 is 28.2 Å². The lowest BCUT2D eigenvalue weighted by molar-refractivity contribution is 0.386. The first-order valence-electron chi connectivity index (χ1n) is 6.26. The van der Waals surface area contributed by atoms with Crippen LogP contribution in [0.3, 0.4) is 0 Å². The van der Waals surface area contributed by atoms with E-state index in [0.717, 1.165) is 11.3 Å². The van der Waals surface area contributed by atoms with Gasteiger partial charge in [0.05, 0.1) is 7.11 Å². The largest absolute Gasteiger partial charge is 0.497 e. The highest BCUT2D eigenvalue weighted by Gasteiger charge is 2.10. The van der Waals surface area contributed by atoms with E-state index in [-0.39, 0.29) is 5.75 Å². The van der Waals surface area contributed by atoms with Crippen LogP contribution in [0.4, 0.5) is 5.69 Å². The minimum atomic E-state index is -4.61. The van der Waals surface area contributed by atoms with E-state index >= 15 is 0 Å². The van der Waals surface area contributed by atoms with Crippen LogP contribution in [-0.4, -0.2) is 20.1 Å². The molecule has 0 bridgehead atoms. The fourth-order valence-electron chi connectivity index (χ4n) is 1.78. The Hall–Kier alpha value is -2.51. The van der Waals surface area contributed by atoms with E-state index in [0.29, 0.717) is 11.3 Å². The quantitative estimate of drug-likeness (QED) is 0.499. The minimum absolute atomic E-state index is 0.0488. The summed E-state index contributed by atoms with van der Waals surface area (Å²) in [4.78, 5) is 0. The second kappa shape index (κ2) is 6.50. The van der Waals surface area contributed by atoms with Gasteiger partial charge in [-0.1, -0.05) is 24.3 Å². The van der Waals surface area contributed by atoms with E-state index in [1.54, 1.807) is 43.5 Å². The highest BCUT2D eigenvalue weighted by Crippen LogP contribution is 2.25. The van der Waals surface area contributed by atoms with Crippen molar-refractivity contribution in [2.24, 2.45) is 0 Å². The van der Waals surface area contributed by atoms with Crippen molar-refractivity contribution in [2.75, 3.05) is 12.8 Å². The van der Waals surface area contributed by atoms with Gasteiger partial charge in [-0.15, -0.1) is 0 Å². The lowest BCUT2D eigenvalue weighted by Gasteiger charge is -2.06. The molecule has 7 heteroatoms.